The second-order valence-electron chi connectivity index (χ2n) is 8.20. The second kappa shape index (κ2) is 7.93. The van der Waals surface area contributed by atoms with Crippen LogP contribution in [0.4, 0.5) is 0 Å². The van der Waals surface area contributed by atoms with Gasteiger partial charge in [-0.1, -0.05) is 12.1 Å². The van der Waals surface area contributed by atoms with Gasteiger partial charge in [-0.25, -0.2) is 9.59 Å². The normalized spacial score (nSPS) is 11.6. The van der Waals surface area contributed by atoms with Crippen LogP contribution in [0.1, 0.15) is 39.7 Å². The number of hydrogen-bond donors (Lipinski definition) is 3. The van der Waals surface area contributed by atoms with Crippen molar-refractivity contribution in [2.75, 3.05) is 0 Å². The summed E-state index contributed by atoms with van der Waals surface area (Å²) in [7, 11) is 0. The third kappa shape index (κ3) is 3.36. The predicted molar refractivity (Wildman–Crippen MR) is 123 cm³/mol. The highest BCUT2D eigenvalue weighted by molar-refractivity contribution is 5.87. The number of aryl methyl sites for hydroxylation is 2. The molecule has 172 valence electrons. The highest BCUT2D eigenvalue weighted by Gasteiger charge is 2.34. The van der Waals surface area contributed by atoms with Gasteiger partial charge in [0.05, 0.1) is 27.8 Å². The van der Waals surface area contributed by atoms with Gasteiger partial charge in [-0.2, -0.15) is 0 Å². The summed E-state index contributed by atoms with van der Waals surface area (Å²) in [5, 5.41) is 32.3. The van der Waals surface area contributed by atoms with Crippen molar-refractivity contribution in [2.45, 2.75) is 26.4 Å². The molecule has 3 aromatic heterocycles. The second-order valence-corrected chi connectivity index (χ2v) is 8.20. The number of aliphatic hydroxyl groups is 1. The molecule has 0 unspecified atom stereocenters. The maximum atomic E-state index is 13.1. The van der Waals surface area contributed by atoms with E-state index in [9.17, 15) is 24.9 Å². The number of hydrogen-bond acceptors (Lipinski definition) is 8. The molecule has 8 nitrogen and oxygen atoms in total. The van der Waals surface area contributed by atoms with Crippen LogP contribution >= 0.6 is 0 Å². The topological polar surface area (TPSA) is 134 Å². The van der Waals surface area contributed by atoms with Crippen LogP contribution in [-0.2, 0) is 6.61 Å². The van der Waals surface area contributed by atoms with Gasteiger partial charge in [0.2, 0.25) is 0 Å². The first-order valence-electron chi connectivity index (χ1n) is 10.5. The molecular weight excluding hydrogens is 440 g/mol. The van der Waals surface area contributed by atoms with E-state index in [-0.39, 0.29) is 44.6 Å². The molecule has 0 bridgehead atoms. The Morgan fingerprint density at radius 3 is 1.68 bits per heavy atom. The van der Waals surface area contributed by atoms with Crippen LogP contribution in [0.25, 0.3) is 21.9 Å². The minimum absolute atomic E-state index is 0.0344. The summed E-state index contributed by atoms with van der Waals surface area (Å²) in [5.74, 6) is -2.00. The minimum Gasteiger partial charge on any atom is -0.507 e. The molecule has 0 aliphatic heterocycles. The molecule has 0 aliphatic rings. The van der Waals surface area contributed by atoms with Crippen LogP contribution in [-0.4, -0.2) is 15.3 Å². The molecule has 8 heteroatoms. The fraction of sp³-hybridized carbons (Fsp3) is 0.154. The summed E-state index contributed by atoms with van der Waals surface area (Å²) in [4.78, 5) is 26.3. The molecule has 0 radical (unpaired) electrons. The maximum absolute atomic E-state index is 13.1. The van der Waals surface area contributed by atoms with Crippen molar-refractivity contribution >= 4 is 21.9 Å². The van der Waals surface area contributed by atoms with E-state index in [1.54, 1.807) is 36.4 Å². The Morgan fingerprint density at radius 1 is 0.735 bits per heavy atom. The summed E-state index contributed by atoms with van der Waals surface area (Å²) in [6.45, 7) is 3.20. The zero-order valence-corrected chi connectivity index (χ0v) is 18.3. The van der Waals surface area contributed by atoms with Gasteiger partial charge < -0.3 is 28.6 Å². The van der Waals surface area contributed by atoms with Gasteiger partial charge in [0, 0.05) is 0 Å². The summed E-state index contributed by atoms with van der Waals surface area (Å²) >= 11 is 0. The van der Waals surface area contributed by atoms with E-state index in [0.717, 1.165) is 11.1 Å². The third-order valence-corrected chi connectivity index (χ3v) is 5.84. The number of benzene rings is 2. The van der Waals surface area contributed by atoms with Crippen molar-refractivity contribution in [1.82, 2.24) is 0 Å². The van der Waals surface area contributed by atoms with Crippen molar-refractivity contribution in [3.05, 3.63) is 103 Å². The smallest absolute Gasteiger partial charge is 0.344 e. The summed E-state index contributed by atoms with van der Waals surface area (Å²) in [6.07, 6.45) is 0. The lowest BCUT2D eigenvalue weighted by atomic mass is 9.88. The quantitative estimate of drug-likeness (QED) is 0.340. The lowest BCUT2D eigenvalue weighted by Gasteiger charge is -2.17. The van der Waals surface area contributed by atoms with Crippen LogP contribution in [0.15, 0.2) is 71.4 Å². The average molecular weight is 460 g/mol. The summed E-state index contributed by atoms with van der Waals surface area (Å²) in [6, 6.07) is 12.8. The van der Waals surface area contributed by atoms with Crippen LogP contribution in [0.5, 0.6) is 11.5 Å². The largest absolute Gasteiger partial charge is 0.507 e. The Labute approximate surface area is 191 Å². The molecule has 34 heavy (non-hydrogen) atoms. The van der Waals surface area contributed by atoms with Crippen LogP contribution in [0, 0.1) is 13.8 Å². The molecule has 0 amide bonds. The van der Waals surface area contributed by atoms with Crippen LogP contribution in [0.3, 0.4) is 0 Å². The summed E-state index contributed by atoms with van der Waals surface area (Å²) < 4.78 is 16.6. The Hall–Kier alpha value is -4.30. The molecule has 2 aromatic carbocycles. The van der Waals surface area contributed by atoms with E-state index in [1.165, 1.54) is 12.1 Å². The predicted octanol–water partition coefficient (Wildman–Crippen LogP) is 4.19. The molecule has 0 fully saturated rings. The Balaban J connectivity index is 1.88. The van der Waals surface area contributed by atoms with Gasteiger partial charge in [-0.05, 0) is 61.4 Å². The molecule has 5 rings (SSSR count). The SMILES string of the molecule is Cc1ccc2c(O)c(C(c3ccc(CO)o3)c3c(O)c4ccc(C)cc4oc3=O)c(=O)oc2c1. The first-order chi connectivity index (χ1) is 16.3. The van der Waals surface area contributed by atoms with Gasteiger partial charge in [0.1, 0.15) is 40.8 Å². The zero-order chi connectivity index (χ0) is 24.1. The maximum Gasteiger partial charge on any atom is 0.344 e. The highest BCUT2D eigenvalue weighted by atomic mass is 16.4. The molecule has 3 heterocycles. The van der Waals surface area contributed by atoms with Gasteiger partial charge in [0.25, 0.3) is 0 Å². The van der Waals surface area contributed by atoms with E-state index in [1.807, 2.05) is 13.8 Å². The first kappa shape index (κ1) is 21.5. The van der Waals surface area contributed by atoms with E-state index in [2.05, 4.69) is 0 Å². The first-order valence-corrected chi connectivity index (χ1v) is 10.5. The van der Waals surface area contributed by atoms with E-state index in [4.69, 9.17) is 13.3 Å². The standard InChI is InChI=1S/C26H20O8/c1-12-3-6-15-18(9-12)33-25(30)21(23(15)28)20(17-8-5-14(11-27)32-17)22-24(29)16-7-4-13(2)10-19(16)34-26(22)31/h3-10,20,27-29H,11H2,1-2H3. The number of rotatable bonds is 4. The van der Waals surface area contributed by atoms with Crippen molar-refractivity contribution in [1.29, 1.82) is 0 Å². The fourth-order valence-electron chi connectivity index (χ4n) is 4.19. The van der Waals surface area contributed by atoms with E-state index in [0.29, 0.717) is 0 Å². The van der Waals surface area contributed by atoms with Crippen LogP contribution < -0.4 is 11.3 Å². The molecule has 0 saturated carbocycles. The lowest BCUT2D eigenvalue weighted by molar-refractivity contribution is 0.242. The van der Waals surface area contributed by atoms with Gasteiger partial charge in [-0.15, -0.1) is 0 Å². The average Bonchev–Trinajstić information content (AvgIpc) is 3.26. The monoisotopic (exact) mass is 460 g/mol. The van der Waals surface area contributed by atoms with E-state index < -0.39 is 35.3 Å². The highest BCUT2D eigenvalue weighted by Crippen LogP contribution is 2.42. The lowest BCUT2D eigenvalue weighted by Crippen LogP contribution is -2.21. The summed E-state index contributed by atoms with van der Waals surface area (Å²) in [5.41, 5.74) is -0.442. The molecule has 3 N–H and O–H groups in total. The molecule has 0 atom stereocenters. The molecule has 0 aliphatic carbocycles. The molecular formula is C26H20O8. The van der Waals surface area contributed by atoms with Crippen molar-refractivity contribution in [2.24, 2.45) is 0 Å². The molecule has 0 saturated heterocycles. The Kier molecular flexibility index (Phi) is 5.02. The third-order valence-electron chi connectivity index (χ3n) is 5.84. The number of aliphatic hydroxyl groups excluding tert-OH is 1. The fourth-order valence-corrected chi connectivity index (χ4v) is 4.19. The molecule has 5 aromatic rings. The van der Waals surface area contributed by atoms with Gasteiger partial charge in [-0.3, -0.25) is 0 Å². The van der Waals surface area contributed by atoms with Gasteiger partial charge >= 0.3 is 11.3 Å². The van der Waals surface area contributed by atoms with Crippen LogP contribution in [0.2, 0.25) is 0 Å². The minimum atomic E-state index is -1.37. The van der Waals surface area contributed by atoms with Gasteiger partial charge in [0.15, 0.2) is 0 Å². The Morgan fingerprint density at radius 2 is 1.24 bits per heavy atom. The zero-order valence-electron chi connectivity index (χ0n) is 18.3. The van der Waals surface area contributed by atoms with Crippen molar-refractivity contribution in [3.63, 3.8) is 0 Å². The van der Waals surface area contributed by atoms with Crippen molar-refractivity contribution < 1.29 is 28.6 Å². The Bertz CT molecular complexity index is 1580. The number of fused-ring (bicyclic) bond motifs is 2. The number of furan rings is 1. The number of aromatic hydroxyl groups is 2. The van der Waals surface area contributed by atoms with E-state index >= 15 is 0 Å². The molecule has 0 spiro atoms. The van der Waals surface area contributed by atoms with Crippen molar-refractivity contribution in [3.8, 4) is 11.5 Å².